The molecule has 0 N–H and O–H groups in total. The fourth-order valence-corrected chi connectivity index (χ4v) is 1.46. The van der Waals surface area contributed by atoms with Gasteiger partial charge in [0.25, 0.3) is 0 Å². The minimum absolute atomic E-state index is 0.0324. The second-order valence-electron chi connectivity index (χ2n) is 4.24. The van der Waals surface area contributed by atoms with Crippen molar-refractivity contribution in [3.63, 3.8) is 0 Å². The molecule has 0 saturated heterocycles. The van der Waals surface area contributed by atoms with Crippen LogP contribution < -0.4 is 0 Å². The van der Waals surface area contributed by atoms with Gasteiger partial charge in [-0.15, -0.1) is 0 Å². The molecule has 0 radical (unpaired) electrons. The van der Waals surface area contributed by atoms with E-state index in [1.807, 2.05) is 6.92 Å². The molecule has 0 heterocycles. The van der Waals surface area contributed by atoms with Gasteiger partial charge in [-0.25, -0.2) is 0 Å². The highest BCUT2D eigenvalue weighted by molar-refractivity contribution is 5.56. The summed E-state index contributed by atoms with van der Waals surface area (Å²) < 4.78 is 0. The maximum Gasteiger partial charge on any atom is 0.136 e. The van der Waals surface area contributed by atoms with Crippen molar-refractivity contribution in [3.05, 3.63) is 0 Å². The Morgan fingerprint density at radius 3 is 2.17 bits per heavy atom. The average molecular weight is 171 g/mol. The van der Waals surface area contributed by atoms with Crippen LogP contribution in [0.15, 0.2) is 0 Å². The Kier molecular flexibility index (Phi) is 4.46. The van der Waals surface area contributed by atoms with Gasteiger partial charge in [-0.05, 0) is 40.7 Å². The molecule has 0 aromatic carbocycles. The van der Waals surface area contributed by atoms with Crippen molar-refractivity contribution in [1.29, 1.82) is 0 Å². The first-order valence-corrected chi connectivity index (χ1v) is 4.65. The second kappa shape index (κ2) is 4.61. The minimum atomic E-state index is 0.0324. The van der Waals surface area contributed by atoms with E-state index in [-0.39, 0.29) is 11.6 Å². The van der Waals surface area contributed by atoms with E-state index in [1.165, 1.54) is 0 Å². The highest BCUT2D eigenvalue weighted by Gasteiger charge is 2.24. The zero-order valence-electron chi connectivity index (χ0n) is 8.92. The summed E-state index contributed by atoms with van der Waals surface area (Å²) in [6, 6.07) is 0.0324. The highest BCUT2D eigenvalue weighted by Crippen LogP contribution is 2.16. The third-order valence-electron chi connectivity index (χ3n) is 2.01. The first-order valence-electron chi connectivity index (χ1n) is 4.65. The van der Waals surface area contributed by atoms with Gasteiger partial charge in [-0.3, -0.25) is 4.90 Å². The van der Waals surface area contributed by atoms with Crippen molar-refractivity contribution < 1.29 is 4.79 Å². The Morgan fingerprint density at radius 2 is 1.92 bits per heavy atom. The molecule has 12 heavy (non-hydrogen) atoms. The van der Waals surface area contributed by atoms with Crippen LogP contribution in [0.2, 0.25) is 0 Å². The van der Waals surface area contributed by atoms with E-state index >= 15 is 0 Å². The van der Waals surface area contributed by atoms with E-state index in [0.29, 0.717) is 0 Å². The van der Waals surface area contributed by atoms with Gasteiger partial charge in [0.15, 0.2) is 0 Å². The molecule has 0 amide bonds. The van der Waals surface area contributed by atoms with E-state index in [4.69, 9.17) is 0 Å². The lowest BCUT2D eigenvalue weighted by Crippen LogP contribution is -2.47. The van der Waals surface area contributed by atoms with Crippen LogP contribution in [0.4, 0.5) is 0 Å². The molecule has 1 unspecified atom stereocenters. The van der Waals surface area contributed by atoms with Crippen molar-refractivity contribution in [1.82, 2.24) is 4.90 Å². The number of carbonyl (C=O) groups is 1. The number of carbonyl (C=O) groups excluding carboxylic acids is 1. The molecule has 0 aliphatic rings. The monoisotopic (exact) mass is 171 g/mol. The topological polar surface area (TPSA) is 20.3 Å². The van der Waals surface area contributed by atoms with E-state index < -0.39 is 0 Å². The summed E-state index contributed by atoms with van der Waals surface area (Å²) in [5, 5.41) is 0. The molecule has 0 saturated carbocycles. The maximum absolute atomic E-state index is 10.6. The van der Waals surface area contributed by atoms with Crippen molar-refractivity contribution in [2.24, 2.45) is 0 Å². The molecule has 0 aliphatic carbocycles. The van der Waals surface area contributed by atoms with E-state index in [2.05, 4.69) is 32.6 Å². The minimum Gasteiger partial charge on any atom is -0.302 e. The van der Waals surface area contributed by atoms with Gasteiger partial charge >= 0.3 is 0 Å². The highest BCUT2D eigenvalue weighted by atomic mass is 16.1. The third-order valence-corrected chi connectivity index (χ3v) is 2.01. The van der Waals surface area contributed by atoms with Gasteiger partial charge in [-0.2, -0.15) is 0 Å². The Bertz CT molecular complexity index is 137. The second-order valence-corrected chi connectivity index (χ2v) is 4.24. The Labute approximate surface area is 75.9 Å². The molecule has 72 valence electrons. The van der Waals surface area contributed by atoms with Crippen molar-refractivity contribution >= 4 is 6.29 Å². The normalized spacial score (nSPS) is 14.8. The van der Waals surface area contributed by atoms with Crippen LogP contribution in [0.1, 0.15) is 41.0 Å². The van der Waals surface area contributed by atoms with E-state index in [0.717, 1.165) is 19.3 Å². The number of aldehydes is 1. The summed E-state index contributed by atoms with van der Waals surface area (Å²) in [6.07, 6.45) is 2.11. The zero-order chi connectivity index (χ0) is 9.78. The first kappa shape index (κ1) is 11.6. The number of rotatable bonds is 4. The summed E-state index contributed by atoms with van der Waals surface area (Å²) in [7, 11) is 0. The van der Waals surface area contributed by atoms with Crippen molar-refractivity contribution in [2.75, 3.05) is 6.54 Å². The molecule has 0 aliphatic heterocycles. The van der Waals surface area contributed by atoms with Crippen LogP contribution >= 0.6 is 0 Å². The Balaban J connectivity index is 4.32. The standard InChI is InChI=1S/C10H21NO/c1-6-7-11(9(2)8-12)10(3,4)5/h8-9H,6-7H2,1-5H3. The maximum atomic E-state index is 10.6. The Morgan fingerprint density at radius 1 is 1.42 bits per heavy atom. The van der Waals surface area contributed by atoms with Gasteiger partial charge in [0.05, 0.1) is 6.04 Å². The summed E-state index contributed by atoms with van der Waals surface area (Å²) in [4.78, 5) is 12.8. The quantitative estimate of drug-likeness (QED) is 0.604. The van der Waals surface area contributed by atoms with Crippen LogP contribution in [-0.4, -0.2) is 29.3 Å². The van der Waals surface area contributed by atoms with Gasteiger partial charge in [0, 0.05) is 5.54 Å². The molecular formula is C10H21NO. The van der Waals surface area contributed by atoms with Gasteiger partial charge in [-0.1, -0.05) is 6.92 Å². The smallest absolute Gasteiger partial charge is 0.136 e. The van der Waals surface area contributed by atoms with Crippen molar-refractivity contribution in [2.45, 2.75) is 52.6 Å². The average Bonchev–Trinajstić information content (AvgIpc) is 1.96. The van der Waals surface area contributed by atoms with E-state index in [9.17, 15) is 4.79 Å². The fourth-order valence-electron chi connectivity index (χ4n) is 1.46. The number of nitrogens with zero attached hydrogens (tertiary/aromatic N) is 1. The third kappa shape index (κ3) is 3.35. The summed E-state index contributed by atoms with van der Waals surface area (Å²) >= 11 is 0. The predicted octanol–water partition coefficient (Wildman–Crippen LogP) is 2.08. The molecule has 0 bridgehead atoms. The molecule has 0 fully saturated rings. The molecule has 1 atom stereocenters. The van der Waals surface area contributed by atoms with Gasteiger partial charge in [0.2, 0.25) is 0 Å². The van der Waals surface area contributed by atoms with Crippen LogP contribution in [0.3, 0.4) is 0 Å². The summed E-state index contributed by atoms with van der Waals surface area (Å²) in [5.74, 6) is 0. The molecule has 0 aromatic rings. The fraction of sp³-hybridized carbons (Fsp3) is 0.900. The number of hydrogen-bond acceptors (Lipinski definition) is 2. The van der Waals surface area contributed by atoms with Crippen LogP contribution in [0.5, 0.6) is 0 Å². The molecule has 2 nitrogen and oxygen atoms in total. The largest absolute Gasteiger partial charge is 0.302 e. The van der Waals surface area contributed by atoms with Crippen LogP contribution in [-0.2, 0) is 4.79 Å². The lowest BCUT2D eigenvalue weighted by Gasteiger charge is -2.37. The first-order chi connectivity index (χ1) is 5.43. The predicted molar refractivity (Wildman–Crippen MR) is 52.3 cm³/mol. The summed E-state index contributed by atoms with van der Waals surface area (Å²) in [5.41, 5.74) is 0.0936. The molecule has 0 rings (SSSR count). The number of hydrogen-bond donors (Lipinski definition) is 0. The van der Waals surface area contributed by atoms with Crippen molar-refractivity contribution in [3.8, 4) is 0 Å². The van der Waals surface area contributed by atoms with E-state index in [1.54, 1.807) is 0 Å². The van der Waals surface area contributed by atoms with Crippen LogP contribution in [0.25, 0.3) is 0 Å². The summed E-state index contributed by atoms with van der Waals surface area (Å²) in [6.45, 7) is 11.5. The van der Waals surface area contributed by atoms with Gasteiger partial charge < -0.3 is 4.79 Å². The zero-order valence-corrected chi connectivity index (χ0v) is 8.92. The lowest BCUT2D eigenvalue weighted by molar-refractivity contribution is -0.113. The molecule has 0 spiro atoms. The molecular weight excluding hydrogens is 150 g/mol. The van der Waals surface area contributed by atoms with Gasteiger partial charge in [0.1, 0.15) is 6.29 Å². The molecule has 0 aromatic heterocycles. The van der Waals surface area contributed by atoms with Crippen LogP contribution in [0, 0.1) is 0 Å². The Hall–Kier alpha value is -0.370. The molecule has 2 heteroatoms. The SMILES string of the molecule is CCCN(C(C)C=O)C(C)(C)C. The lowest BCUT2D eigenvalue weighted by atomic mass is 10.0.